The zero-order valence-corrected chi connectivity index (χ0v) is 15.3. The molecule has 2 heterocycles. The standard InChI is InChI=1S/C22H25N3O2/c26-11-12-27-20-5-1-3-17(13-20)15-25-10-8-19(16-25)24-22-6-2-4-18-14-23-9-7-21(18)22/h1-7,9,13-14,19,24,26H,8,10-12,15-16H2. The van der Waals surface area contributed by atoms with E-state index in [1.54, 1.807) is 0 Å². The number of aromatic nitrogens is 1. The third-order valence-corrected chi connectivity index (χ3v) is 4.98. The molecule has 4 rings (SSSR count). The van der Waals surface area contributed by atoms with Crippen molar-refractivity contribution in [3.63, 3.8) is 0 Å². The van der Waals surface area contributed by atoms with E-state index >= 15 is 0 Å². The van der Waals surface area contributed by atoms with Gasteiger partial charge in [0.15, 0.2) is 0 Å². The van der Waals surface area contributed by atoms with E-state index in [1.807, 2.05) is 24.5 Å². The molecule has 0 aliphatic carbocycles. The summed E-state index contributed by atoms with van der Waals surface area (Å²) in [6.45, 7) is 3.37. The van der Waals surface area contributed by atoms with E-state index < -0.39 is 0 Å². The molecular weight excluding hydrogens is 338 g/mol. The monoisotopic (exact) mass is 363 g/mol. The van der Waals surface area contributed by atoms with Gasteiger partial charge < -0.3 is 15.2 Å². The second-order valence-electron chi connectivity index (χ2n) is 6.99. The molecule has 5 nitrogen and oxygen atoms in total. The summed E-state index contributed by atoms with van der Waals surface area (Å²) in [5.41, 5.74) is 2.42. The van der Waals surface area contributed by atoms with Crippen molar-refractivity contribution in [3.8, 4) is 5.75 Å². The molecule has 0 saturated carbocycles. The smallest absolute Gasteiger partial charge is 0.119 e. The van der Waals surface area contributed by atoms with E-state index in [-0.39, 0.29) is 6.61 Å². The first-order valence-electron chi connectivity index (χ1n) is 9.46. The van der Waals surface area contributed by atoms with Gasteiger partial charge in [-0.05, 0) is 36.2 Å². The van der Waals surface area contributed by atoms with E-state index in [0.29, 0.717) is 12.6 Å². The first-order chi connectivity index (χ1) is 13.3. The molecule has 1 atom stereocenters. The van der Waals surface area contributed by atoms with Crippen LogP contribution in [0.15, 0.2) is 60.9 Å². The molecule has 1 unspecified atom stereocenters. The van der Waals surface area contributed by atoms with Crippen molar-refractivity contribution in [1.82, 2.24) is 9.88 Å². The summed E-state index contributed by atoms with van der Waals surface area (Å²) < 4.78 is 5.52. The normalized spacial score (nSPS) is 17.3. The Kier molecular flexibility index (Phi) is 5.51. The largest absolute Gasteiger partial charge is 0.491 e. The zero-order valence-electron chi connectivity index (χ0n) is 15.3. The molecule has 0 amide bonds. The van der Waals surface area contributed by atoms with Crippen molar-refractivity contribution in [2.45, 2.75) is 19.0 Å². The van der Waals surface area contributed by atoms with Gasteiger partial charge in [0.05, 0.1) is 6.61 Å². The zero-order chi connectivity index (χ0) is 18.5. The van der Waals surface area contributed by atoms with Crippen LogP contribution in [0, 0.1) is 0 Å². The number of nitrogens with one attached hydrogen (secondary N) is 1. The molecular formula is C22H25N3O2. The van der Waals surface area contributed by atoms with Crippen molar-refractivity contribution >= 4 is 16.5 Å². The Morgan fingerprint density at radius 3 is 3.04 bits per heavy atom. The second kappa shape index (κ2) is 8.37. The summed E-state index contributed by atoms with van der Waals surface area (Å²) in [6, 6.07) is 17.0. The molecule has 5 heteroatoms. The SMILES string of the molecule is OCCOc1cccc(CN2CCC(Nc3cccc4cnccc34)C2)c1. The minimum Gasteiger partial charge on any atom is -0.491 e. The highest BCUT2D eigenvalue weighted by molar-refractivity contribution is 5.93. The fraction of sp³-hybridized carbons (Fsp3) is 0.318. The van der Waals surface area contributed by atoms with Gasteiger partial charge in [0.25, 0.3) is 0 Å². The molecule has 3 aromatic rings. The number of rotatable bonds is 7. The summed E-state index contributed by atoms with van der Waals surface area (Å²) >= 11 is 0. The maximum absolute atomic E-state index is 8.90. The highest BCUT2D eigenvalue weighted by atomic mass is 16.5. The van der Waals surface area contributed by atoms with Gasteiger partial charge in [-0.1, -0.05) is 24.3 Å². The summed E-state index contributed by atoms with van der Waals surface area (Å²) in [5.74, 6) is 0.819. The van der Waals surface area contributed by atoms with Crippen LogP contribution in [0.5, 0.6) is 5.75 Å². The molecule has 27 heavy (non-hydrogen) atoms. The van der Waals surface area contributed by atoms with Crippen molar-refractivity contribution in [1.29, 1.82) is 0 Å². The molecule has 1 aliphatic heterocycles. The third kappa shape index (κ3) is 4.38. The first kappa shape index (κ1) is 17.8. The van der Waals surface area contributed by atoms with Crippen molar-refractivity contribution in [3.05, 3.63) is 66.5 Å². The Morgan fingerprint density at radius 1 is 1.19 bits per heavy atom. The lowest BCUT2D eigenvalue weighted by Crippen LogP contribution is -2.26. The highest BCUT2D eigenvalue weighted by Crippen LogP contribution is 2.25. The van der Waals surface area contributed by atoms with Crippen LogP contribution >= 0.6 is 0 Å². The molecule has 1 saturated heterocycles. The van der Waals surface area contributed by atoms with Crippen LogP contribution in [-0.2, 0) is 6.54 Å². The molecule has 2 aromatic carbocycles. The van der Waals surface area contributed by atoms with Crippen molar-refractivity contribution < 1.29 is 9.84 Å². The summed E-state index contributed by atoms with van der Waals surface area (Å²) in [4.78, 5) is 6.68. The predicted molar refractivity (Wildman–Crippen MR) is 108 cm³/mol. The van der Waals surface area contributed by atoms with Crippen molar-refractivity contribution in [2.75, 3.05) is 31.6 Å². The lowest BCUT2D eigenvalue weighted by molar-refractivity contribution is 0.201. The maximum Gasteiger partial charge on any atom is 0.119 e. The number of aliphatic hydroxyl groups is 1. The average Bonchev–Trinajstić information content (AvgIpc) is 3.14. The summed E-state index contributed by atoms with van der Waals surface area (Å²) in [7, 11) is 0. The van der Waals surface area contributed by atoms with Gasteiger partial charge in [0.1, 0.15) is 12.4 Å². The van der Waals surface area contributed by atoms with Crippen LogP contribution in [0.4, 0.5) is 5.69 Å². The number of hydrogen-bond acceptors (Lipinski definition) is 5. The van der Waals surface area contributed by atoms with Gasteiger partial charge in [-0.2, -0.15) is 0 Å². The van der Waals surface area contributed by atoms with Gasteiger partial charge >= 0.3 is 0 Å². The van der Waals surface area contributed by atoms with E-state index in [1.165, 1.54) is 16.6 Å². The number of benzene rings is 2. The van der Waals surface area contributed by atoms with Gasteiger partial charge in [0.2, 0.25) is 0 Å². The minimum absolute atomic E-state index is 0.0356. The molecule has 1 fully saturated rings. The molecule has 140 valence electrons. The van der Waals surface area contributed by atoms with Crippen molar-refractivity contribution in [2.24, 2.45) is 0 Å². The lowest BCUT2D eigenvalue weighted by Gasteiger charge is -2.18. The van der Waals surface area contributed by atoms with E-state index in [0.717, 1.165) is 37.2 Å². The highest BCUT2D eigenvalue weighted by Gasteiger charge is 2.22. The topological polar surface area (TPSA) is 57.6 Å². The van der Waals surface area contributed by atoms with Crippen LogP contribution in [0.2, 0.25) is 0 Å². The molecule has 0 spiro atoms. The van der Waals surface area contributed by atoms with Crippen LogP contribution in [0.3, 0.4) is 0 Å². The second-order valence-corrected chi connectivity index (χ2v) is 6.99. The first-order valence-corrected chi connectivity index (χ1v) is 9.46. The number of likely N-dealkylation sites (tertiary alicyclic amines) is 1. The van der Waals surface area contributed by atoms with E-state index in [4.69, 9.17) is 9.84 Å². The van der Waals surface area contributed by atoms with Gasteiger partial charge in [0, 0.05) is 54.5 Å². The maximum atomic E-state index is 8.90. The van der Waals surface area contributed by atoms with Crippen LogP contribution in [-0.4, -0.2) is 47.3 Å². The average molecular weight is 363 g/mol. The van der Waals surface area contributed by atoms with Crippen LogP contribution < -0.4 is 10.1 Å². The molecule has 1 aromatic heterocycles. The number of fused-ring (bicyclic) bond motifs is 1. The molecule has 2 N–H and O–H groups in total. The fourth-order valence-electron chi connectivity index (χ4n) is 3.72. The van der Waals surface area contributed by atoms with Crippen LogP contribution in [0.1, 0.15) is 12.0 Å². The Morgan fingerprint density at radius 2 is 2.11 bits per heavy atom. The Hall–Kier alpha value is -2.63. The molecule has 1 aliphatic rings. The minimum atomic E-state index is 0.0356. The van der Waals surface area contributed by atoms with Gasteiger partial charge in [-0.15, -0.1) is 0 Å². The number of aliphatic hydroxyl groups excluding tert-OH is 1. The number of ether oxygens (including phenoxy) is 1. The molecule has 0 radical (unpaired) electrons. The van der Waals surface area contributed by atoms with E-state index in [9.17, 15) is 0 Å². The number of pyridine rings is 1. The quantitative estimate of drug-likeness (QED) is 0.675. The number of hydrogen-bond donors (Lipinski definition) is 2. The van der Waals surface area contributed by atoms with Crippen LogP contribution in [0.25, 0.3) is 10.8 Å². The summed E-state index contributed by atoms with van der Waals surface area (Å²) in [5, 5.41) is 15.0. The lowest BCUT2D eigenvalue weighted by atomic mass is 10.1. The molecule has 0 bridgehead atoms. The Bertz CT molecular complexity index is 894. The predicted octanol–water partition coefficient (Wildman–Crippen LogP) is 3.29. The third-order valence-electron chi connectivity index (χ3n) is 4.98. The Balaban J connectivity index is 1.37. The number of anilines is 1. The fourth-order valence-corrected chi connectivity index (χ4v) is 3.72. The van der Waals surface area contributed by atoms with Gasteiger partial charge in [-0.3, -0.25) is 9.88 Å². The van der Waals surface area contributed by atoms with Gasteiger partial charge in [-0.25, -0.2) is 0 Å². The van der Waals surface area contributed by atoms with E-state index in [2.05, 4.69) is 51.6 Å². The summed E-state index contributed by atoms with van der Waals surface area (Å²) in [6.07, 6.45) is 4.88. The number of nitrogens with zero attached hydrogens (tertiary/aromatic N) is 2. The Labute approximate surface area is 159 Å².